The molecule has 0 bridgehead atoms. The smallest absolute Gasteiger partial charge is 0.275 e. The molecule has 7 heteroatoms. The largest absolute Gasteiger partial charge is 0.365 e. The molecule has 3 rings (SSSR count). The van der Waals surface area contributed by atoms with Crippen molar-refractivity contribution in [2.45, 2.75) is 13.5 Å². The lowest BCUT2D eigenvalue weighted by Crippen LogP contribution is -2.14. The van der Waals surface area contributed by atoms with Crippen LogP contribution < -0.4 is 10.6 Å². The zero-order valence-corrected chi connectivity index (χ0v) is 14.7. The van der Waals surface area contributed by atoms with E-state index in [4.69, 9.17) is 11.6 Å². The van der Waals surface area contributed by atoms with Crippen molar-refractivity contribution in [3.8, 4) is 0 Å². The van der Waals surface area contributed by atoms with Gasteiger partial charge >= 0.3 is 0 Å². The van der Waals surface area contributed by atoms with Gasteiger partial charge in [0.15, 0.2) is 0 Å². The number of halogens is 2. The van der Waals surface area contributed by atoms with Crippen LogP contribution in [0.5, 0.6) is 0 Å². The maximum absolute atomic E-state index is 12.9. The molecule has 0 aliphatic heterocycles. The summed E-state index contributed by atoms with van der Waals surface area (Å²) in [6, 6.07) is 11.4. The van der Waals surface area contributed by atoms with Gasteiger partial charge in [0, 0.05) is 17.3 Å². The predicted molar refractivity (Wildman–Crippen MR) is 99.9 cm³/mol. The van der Waals surface area contributed by atoms with Crippen molar-refractivity contribution in [1.82, 2.24) is 9.97 Å². The molecule has 0 unspecified atom stereocenters. The molecule has 0 saturated carbocycles. The number of hydrogen-bond donors (Lipinski definition) is 2. The van der Waals surface area contributed by atoms with Gasteiger partial charge in [0.1, 0.15) is 17.3 Å². The fourth-order valence-corrected chi connectivity index (χ4v) is 2.38. The molecule has 1 heterocycles. The molecule has 0 atom stereocenters. The van der Waals surface area contributed by atoms with Gasteiger partial charge in [0.2, 0.25) is 0 Å². The molecule has 132 valence electrons. The number of nitrogens with zero attached hydrogens (tertiary/aromatic N) is 2. The van der Waals surface area contributed by atoms with Crippen molar-refractivity contribution in [3.05, 3.63) is 82.5 Å². The normalized spacial score (nSPS) is 10.4. The van der Waals surface area contributed by atoms with Gasteiger partial charge in [-0.05, 0) is 42.3 Å². The van der Waals surface area contributed by atoms with E-state index >= 15 is 0 Å². The zero-order chi connectivity index (χ0) is 18.5. The van der Waals surface area contributed by atoms with Gasteiger partial charge in [-0.25, -0.2) is 14.4 Å². The summed E-state index contributed by atoms with van der Waals surface area (Å²) in [6.07, 6.45) is 2.86. The molecule has 0 saturated heterocycles. The second-order valence-electron chi connectivity index (χ2n) is 5.68. The highest BCUT2D eigenvalue weighted by Crippen LogP contribution is 2.20. The highest BCUT2D eigenvalue weighted by molar-refractivity contribution is 6.31. The van der Waals surface area contributed by atoms with E-state index in [1.807, 2.05) is 13.0 Å². The summed E-state index contributed by atoms with van der Waals surface area (Å²) in [5.74, 6) is -0.134. The first kappa shape index (κ1) is 17.8. The number of hydrogen-bond acceptors (Lipinski definition) is 4. The Kier molecular flexibility index (Phi) is 5.43. The lowest BCUT2D eigenvalue weighted by Gasteiger charge is -2.08. The van der Waals surface area contributed by atoms with E-state index in [-0.39, 0.29) is 17.4 Å². The third kappa shape index (κ3) is 4.55. The fourth-order valence-electron chi connectivity index (χ4n) is 2.20. The molecule has 1 aromatic heterocycles. The Bertz CT molecular complexity index is 914. The highest BCUT2D eigenvalue weighted by atomic mass is 35.5. The third-order valence-corrected chi connectivity index (χ3v) is 4.11. The van der Waals surface area contributed by atoms with Crippen LogP contribution in [-0.2, 0) is 6.54 Å². The molecule has 2 aromatic carbocycles. The minimum atomic E-state index is -0.373. The van der Waals surface area contributed by atoms with Crippen LogP contribution in [0.1, 0.15) is 21.6 Å². The number of anilines is 2. The van der Waals surface area contributed by atoms with Gasteiger partial charge in [-0.2, -0.15) is 0 Å². The number of aromatic nitrogens is 2. The molecule has 0 fully saturated rings. The van der Waals surface area contributed by atoms with Crippen LogP contribution in [0.2, 0.25) is 5.02 Å². The number of amides is 1. The van der Waals surface area contributed by atoms with Gasteiger partial charge in [-0.1, -0.05) is 29.8 Å². The van der Waals surface area contributed by atoms with E-state index in [0.29, 0.717) is 23.1 Å². The zero-order valence-electron chi connectivity index (χ0n) is 14.0. The minimum Gasteiger partial charge on any atom is -0.365 e. The molecular formula is C19H16ClFN4O. The summed E-state index contributed by atoms with van der Waals surface area (Å²) < 4.78 is 12.9. The molecule has 5 nitrogen and oxygen atoms in total. The summed E-state index contributed by atoms with van der Waals surface area (Å²) in [5.41, 5.74) is 2.62. The second kappa shape index (κ2) is 7.93. The first-order chi connectivity index (χ1) is 12.5. The van der Waals surface area contributed by atoms with Crippen molar-refractivity contribution < 1.29 is 9.18 Å². The van der Waals surface area contributed by atoms with E-state index < -0.39 is 0 Å². The Morgan fingerprint density at radius 1 is 1.12 bits per heavy atom. The van der Waals surface area contributed by atoms with E-state index in [0.717, 1.165) is 11.1 Å². The summed E-state index contributed by atoms with van der Waals surface area (Å²) in [6.45, 7) is 2.36. The number of nitrogens with one attached hydrogen (secondary N) is 2. The van der Waals surface area contributed by atoms with Crippen LogP contribution >= 0.6 is 11.6 Å². The maximum Gasteiger partial charge on any atom is 0.275 e. The van der Waals surface area contributed by atoms with Gasteiger partial charge in [0.05, 0.1) is 12.4 Å². The van der Waals surface area contributed by atoms with E-state index in [1.54, 1.807) is 24.3 Å². The van der Waals surface area contributed by atoms with E-state index in [1.165, 1.54) is 24.5 Å². The Hall–Kier alpha value is -2.99. The molecule has 3 aromatic rings. The van der Waals surface area contributed by atoms with Gasteiger partial charge < -0.3 is 10.6 Å². The minimum absolute atomic E-state index is 0.189. The van der Waals surface area contributed by atoms with Crippen LogP contribution in [0.15, 0.2) is 54.9 Å². The monoisotopic (exact) mass is 370 g/mol. The van der Waals surface area contributed by atoms with Crippen molar-refractivity contribution in [2.75, 3.05) is 10.6 Å². The van der Waals surface area contributed by atoms with Gasteiger partial charge in [-0.15, -0.1) is 0 Å². The standard InChI is InChI=1S/C19H16ClFN4O/c1-12-2-7-15(8-16(12)20)25-19(26)17-10-24-18(11-22-17)23-9-13-3-5-14(21)6-4-13/h2-8,10-11H,9H2,1H3,(H,23,24)(H,25,26). The van der Waals surface area contributed by atoms with Crippen LogP contribution in [0.25, 0.3) is 0 Å². The predicted octanol–water partition coefficient (Wildman–Crippen LogP) is 4.44. The van der Waals surface area contributed by atoms with E-state index in [9.17, 15) is 9.18 Å². The van der Waals surface area contributed by atoms with Crippen molar-refractivity contribution in [2.24, 2.45) is 0 Å². The van der Waals surface area contributed by atoms with Crippen LogP contribution in [0.3, 0.4) is 0 Å². The lowest BCUT2D eigenvalue weighted by molar-refractivity contribution is 0.102. The highest BCUT2D eigenvalue weighted by Gasteiger charge is 2.09. The third-order valence-electron chi connectivity index (χ3n) is 3.70. The Balaban J connectivity index is 1.60. The Morgan fingerprint density at radius 2 is 1.88 bits per heavy atom. The van der Waals surface area contributed by atoms with Crippen molar-refractivity contribution in [3.63, 3.8) is 0 Å². The maximum atomic E-state index is 12.9. The topological polar surface area (TPSA) is 66.9 Å². The number of carbonyl (C=O) groups excluding carboxylic acids is 1. The van der Waals surface area contributed by atoms with Crippen LogP contribution in [-0.4, -0.2) is 15.9 Å². The molecule has 0 radical (unpaired) electrons. The fraction of sp³-hybridized carbons (Fsp3) is 0.105. The summed E-state index contributed by atoms with van der Waals surface area (Å²) in [7, 11) is 0. The quantitative estimate of drug-likeness (QED) is 0.696. The number of benzene rings is 2. The summed E-state index contributed by atoms with van der Waals surface area (Å²) in [4.78, 5) is 20.5. The van der Waals surface area contributed by atoms with Crippen LogP contribution in [0.4, 0.5) is 15.9 Å². The average molecular weight is 371 g/mol. The van der Waals surface area contributed by atoms with Gasteiger partial charge in [-0.3, -0.25) is 4.79 Å². The van der Waals surface area contributed by atoms with Crippen molar-refractivity contribution >= 4 is 29.0 Å². The molecule has 2 N–H and O–H groups in total. The first-order valence-corrected chi connectivity index (χ1v) is 8.27. The number of rotatable bonds is 5. The van der Waals surface area contributed by atoms with Crippen LogP contribution in [0, 0.1) is 12.7 Å². The SMILES string of the molecule is Cc1ccc(NC(=O)c2cnc(NCc3ccc(F)cc3)cn2)cc1Cl. The molecule has 26 heavy (non-hydrogen) atoms. The Labute approximate surface area is 155 Å². The number of carbonyl (C=O) groups is 1. The number of aryl methyl sites for hydroxylation is 1. The molecule has 0 aliphatic carbocycles. The van der Waals surface area contributed by atoms with Gasteiger partial charge in [0.25, 0.3) is 5.91 Å². The molecule has 0 aliphatic rings. The summed E-state index contributed by atoms with van der Waals surface area (Å²) >= 11 is 6.05. The summed E-state index contributed by atoms with van der Waals surface area (Å²) in [5, 5.41) is 6.37. The average Bonchev–Trinajstić information content (AvgIpc) is 2.65. The second-order valence-corrected chi connectivity index (χ2v) is 6.09. The van der Waals surface area contributed by atoms with Crippen molar-refractivity contribution in [1.29, 1.82) is 0 Å². The Morgan fingerprint density at radius 3 is 2.54 bits per heavy atom. The molecular weight excluding hydrogens is 355 g/mol. The lowest BCUT2D eigenvalue weighted by atomic mass is 10.2. The van der Waals surface area contributed by atoms with E-state index in [2.05, 4.69) is 20.6 Å². The molecule has 1 amide bonds. The first-order valence-electron chi connectivity index (χ1n) is 7.89. The molecule has 0 spiro atoms.